The first-order valence-electron chi connectivity index (χ1n) is 5.87. The molecule has 0 atom stereocenters. The number of hydrogen-bond acceptors (Lipinski definition) is 3. The number of aromatic nitrogens is 1. The standard InChI is InChI=1S/C14H16FN3/c1-3-18(13-7-5-4-6-12(13)15)14-10(2)8-11(16)9-17-14/h4-9H,3,16H2,1-2H3. The van der Waals surface area contributed by atoms with E-state index in [1.165, 1.54) is 6.07 Å². The molecule has 0 saturated heterocycles. The smallest absolute Gasteiger partial charge is 0.146 e. The number of rotatable bonds is 3. The van der Waals surface area contributed by atoms with E-state index in [1.54, 1.807) is 18.3 Å². The maximum absolute atomic E-state index is 13.8. The quantitative estimate of drug-likeness (QED) is 0.902. The van der Waals surface area contributed by atoms with E-state index in [4.69, 9.17) is 5.73 Å². The Morgan fingerprint density at radius 3 is 2.67 bits per heavy atom. The van der Waals surface area contributed by atoms with Crippen molar-refractivity contribution in [1.82, 2.24) is 4.98 Å². The fraction of sp³-hybridized carbons (Fsp3) is 0.214. The molecule has 0 bridgehead atoms. The molecule has 1 heterocycles. The number of hydrogen-bond donors (Lipinski definition) is 1. The van der Waals surface area contributed by atoms with Crippen molar-refractivity contribution in [3.63, 3.8) is 0 Å². The highest BCUT2D eigenvalue weighted by atomic mass is 19.1. The van der Waals surface area contributed by atoms with Crippen LogP contribution in [0.3, 0.4) is 0 Å². The number of nitrogen functional groups attached to an aromatic ring is 1. The van der Waals surface area contributed by atoms with Gasteiger partial charge in [-0.3, -0.25) is 0 Å². The third-order valence-electron chi connectivity index (χ3n) is 2.79. The monoisotopic (exact) mass is 245 g/mol. The summed E-state index contributed by atoms with van der Waals surface area (Å²) in [5.74, 6) is 0.481. The summed E-state index contributed by atoms with van der Waals surface area (Å²) in [6, 6.07) is 8.52. The number of para-hydroxylation sites is 1. The van der Waals surface area contributed by atoms with Crippen LogP contribution in [0, 0.1) is 12.7 Å². The molecule has 18 heavy (non-hydrogen) atoms. The first-order valence-corrected chi connectivity index (χ1v) is 5.87. The predicted molar refractivity (Wildman–Crippen MR) is 72.5 cm³/mol. The van der Waals surface area contributed by atoms with Crippen molar-refractivity contribution in [2.24, 2.45) is 0 Å². The Kier molecular flexibility index (Phi) is 3.46. The lowest BCUT2D eigenvalue weighted by molar-refractivity contribution is 0.625. The summed E-state index contributed by atoms with van der Waals surface area (Å²) in [6.07, 6.45) is 1.59. The van der Waals surface area contributed by atoms with Crippen LogP contribution in [-0.4, -0.2) is 11.5 Å². The second kappa shape index (κ2) is 5.04. The molecule has 1 aromatic heterocycles. The highest BCUT2D eigenvalue weighted by Gasteiger charge is 2.14. The van der Waals surface area contributed by atoms with Crippen LogP contribution < -0.4 is 10.6 Å². The molecule has 0 aliphatic rings. The summed E-state index contributed by atoms with van der Waals surface area (Å²) in [6.45, 7) is 4.52. The molecule has 0 spiro atoms. The van der Waals surface area contributed by atoms with Crippen LogP contribution in [0.1, 0.15) is 12.5 Å². The maximum Gasteiger partial charge on any atom is 0.146 e. The van der Waals surface area contributed by atoms with Gasteiger partial charge in [0.1, 0.15) is 11.6 Å². The Hall–Kier alpha value is -2.10. The molecule has 94 valence electrons. The van der Waals surface area contributed by atoms with Gasteiger partial charge in [-0.25, -0.2) is 9.37 Å². The number of benzene rings is 1. The van der Waals surface area contributed by atoms with Crippen LogP contribution in [0.5, 0.6) is 0 Å². The molecule has 2 rings (SSSR count). The van der Waals surface area contributed by atoms with Crippen LogP contribution in [0.4, 0.5) is 21.6 Å². The first-order chi connectivity index (χ1) is 8.63. The molecular formula is C14H16FN3. The average molecular weight is 245 g/mol. The number of anilines is 3. The number of pyridine rings is 1. The van der Waals surface area contributed by atoms with E-state index in [0.29, 0.717) is 17.9 Å². The largest absolute Gasteiger partial charge is 0.397 e. The van der Waals surface area contributed by atoms with E-state index >= 15 is 0 Å². The van der Waals surface area contributed by atoms with Gasteiger partial charge >= 0.3 is 0 Å². The Labute approximate surface area is 106 Å². The van der Waals surface area contributed by atoms with Crippen LogP contribution >= 0.6 is 0 Å². The summed E-state index contributed by atoms with van der Waals surface area (Å²) < 4.78 is 13.8. The summed E-state index contributed by atoms with van der Waals surface area (Å²) >= 11 is 0. The minimum absolute atomic E-state index is 0.252. The number of aryl methyl sites for hydroxylation is 1. The van der Waals surface area contributed by atoms with Gasteiger partial charge in [0.2, 0.25) is 0 Å². The van der Waals surface area contributed by atoms with E-state index < -0.39 is 0 Å². The fourth-order valence-corrected chi connectivity index (χ4v) is 1.98. The zero-order valence-electron chi connectivity index (χ0n) is 10.5. The molecule has 0 unspecified atom stereocenters. The minimum atomic E-state index is -0.252. The maximum atomic E-state index is 13.8. The van der Waals surface area contributed by atoms with Crippen LogP contribution in [0.2, 0.25) is 0 Å². The third-order valence-corrected chi connectivity index (χ3v) is 2.79. The molecule has 2 N–H and O–H groups in total. The second-order valence-electron chi connectivity index (χ2n) is 4.10. The van der Waals surface area contributed by atoms with Crippen molar-refractivity contribution in [3.05, 3.63) is 47.9 Å². The molecule has 1 aromatic carbocycles. The van der Waals surface area contributed by atoms with Gasteiger partial charge in [-0.05, 0) is 37.6 Å². The Balaban J connectivity index is 2.49. The van der Waals surface area contributed by atoms with E-state index in [1.807, 2.05) is 30.9 Å². The van der Waals surface area contributed by atoms with Crippen molar-refractivity contribution in [2.75, 3.05) is 17.2 Å². The van der Waals surface area contributed by atoms with E-state index in [-0.39, 0.29) is 5.82 Å². The lowest BCUT2D eigenvalue weighted by atomic mass is 10.2. The van der Waals surface area contributed by atoms with Crippen LogP contribution in [0.15, 0.2) is 36.5 Å². The van der Waals surface area contributed by atoms with Crippen molar-refractivity contribution >= 4 is 17.2 Å². The predicted octanol–water partition coefficient (Wildman–Crippen LogP) is 3.27. The van der Waals surface area contributed by atoms with Gasteiger partial charge in [-0.15, -0.1) is 0 Å². The molecule has 0 aliphatic carbocycles. The highest BCUT2D eigenvalue weighted by Crippen LogP contribution is 2.28. The van der Waals surface area contributed by atoms with Crippen LogP contribution in [-0.2, 0) is 0 Å². The van der Waals surface area contributed by atoms with Gasteiger partial charge in [-0.2, -0.15) is 0 Å². The lowest BCUT2D eigenvalue weighted by Crippen LogP contribution is -2.19. The number of halogens is 1. The van der Waals surface area contributed by atoms with Gasteiger partial charge in [0.25, 0.3) is 0 Å². The van der Waals surface area contributed by atoms with Crippen molar-refractivity contribution in [3.8, 4) is 0 Å². The average Bonchev–Trinajstić information content (AvgIpc) is 2.34. The topological polar surface area (TPSA) is 42.2 Å². The third kappa shape index (κ3) is 2.27. The molecule has 0 amide bonds. The number of nitrogens with zero attached hydrogens (tertiary/aromatic N) is 2. The minimum Gasteiger partial charge on any atom is -0.397 e. The van der Waals surface area contributed by atoms with E-state index in [9.17, 15) is 4.39 Å². The zero-order chi connectivity index (χ0) is 13.1. The molecule has 2 aromatic rings. The van der Waals surface area contributed by atoms with Crippen molar-refractivity contribution in [1.29, 1.82) is 0 Å². The Morgan fingerprint density at radius 2 is 2.06 bits per heavy atom. The molecule has 0 saturated carbocycles. The Bertz CT molecular complexity index is 554. The fourth-order valence-electron chi connectivity index (χ4n) is 1.98. The van der Waals surface area contributed by atoms with Crippen molar-refractivity contribution in [2.45, 2.75) is 13.8 Å². The molecule has 0 aliphatic heterocycles. The van der Waals surface area contributed by atoms with Gasteiger partial charge in [-0.1, -0.05) is 12.1 Å². The lowest BCUT2D eigenvalue weighted by Gasteiger charge is -2.24. The zero-order valence-corrected chi connectivity index (χ0v) is 10.5. The first kappa shape index (κ1) is 12.4. The van der Waals surface area contributed by atoms with Gasteiger partial charge < -0.3 is 10.6 Å². The summed E-state index contributed by atoms with van der Waals surface area (Å²) in [5, 5.41) is 0. The Morgan fingerprint density at radius 1 is 1.33 bits per heavy atom. The normalized spacial score (nSPS) is 10.4. The van der Waals surface area contributed by atoms with Crippen molar-refractivity contribution < 1.29 is 4.39 Å². The van der Waals surface area contributed by atoms with E-state index in [0.717, 1.165) is 11.4 Å². The summed E-state index contributed by atoms with van der Waals surface area (Å²) in [7, 11) is 0. The summed E-state index contributed by atoms with van der Waals surface area (Å²) in [4.78, 5) is 6.14. The molecule has 3 nitrogen and oxygen atoms in total. The molecular weight excluding hydrogens is 229 g/mol. The molecule has 0 radical (unpaired) electrons. The van der Waals surface area contributed by atoms with Gasteiger partial charge in [0.05, 0.1) is 17.6 Å². The van der Waals surface area contributed by atoms with Crippen LogP contribution in [0.25, 0.3) is 0 Å². The molecule has 0 fully saturated rings. The van der Waals surface area contributed by atoms with Gasteiger partial charge in [0, 0.05) is 6.54 Å². The number of nitrogens with two attached hydrogens (primary N) is 1. The van der Waals surface area contributed by atoms with Gasteiger partial charge in [0.15, 0.2) is 0 Å². The summed E-state index contributed by atoms with van der Waals surface area (Å²) in [5.41, 5.74) is 7.75. The highest BCUT2D eigenvalue weighted by molar-refractivity contribution is 5.64. The SMILES string of the molecule is CCN(c1ccccc1F)c1ncc(N)cc1C. The molecule has 4 heteroatoms. The second-order valence-corrected chi connectivity index (χ2v) is 4.10. The van der Waals surface area contributed by atoms with E-state index in [2.05, 4.69) is 4.98 Å².